The predicted octanol–water partition coefficient (Wildman–Crippen LogP) is 3.29. The molecule has 0 aliphatic carbocycles. The van der Waals surface area contributed by atoms with E-state index in [1.54, 1.807) is 12.1 Å². The minimum atomic E-state index is -0.448. The second-order valence-electron chi connectivity index (χ2n) is 5.83. The maximum atomic E-state index is 13.3. The van der Waals surface area contributed by atoms with Gasteiger partial charge in [0.2, 0.25) is 5.91 Å². The van der Waals surface area contributed by atoms with Crippen molar-refractivity contribution in [3.63, 3.8) is 0 Å². The molecule has 2 N–H and O–H groups in total. The van der Waals surface area contributed by atoms with Crippen LogP contribution in [-0.2, 0) is 9.53 Å². The molecule has 4 nitrogen and oxygen atoms in total. The van der Waals surface area contributed by atoms with Crippen molar-refractivity contribution in [2.45, 2.75) is 38.2 Å². The molecule has 0 saturated carbocycles. The van der Waals surface area contributed by atoms with Gasteiger partial charge in [-0.3, -0.25) is 4.79 Å². The number of halogens is 2. The third-order valence-electron chi connectivity index (χ3n) is 4.08. The summed E-state index contributed by atoms with van der Waals surface area (Å²) in [5.41, 5.74) is 6.26. The summed E-state index contributed by atoms with van der Waals surface area (Å²) in [6.07, 6.45) is 4.32. The summed E-state index contributed by atoms with van der Waals surface area (Å²) in [5.74, 6) is -0.295. The summed E-state index contributed by atoms with van der Waals surface area (Å²) < 4.78 is 19.0. The summed E-state index contributed by atoms with van der Waals surface area (Å²) in [5, 5.41) is 0.0782. The molecule has 0 aromatic heterocycles. The van der Waals surface area contributed by atoms with Gasteiger partial charge >= 0.3 is 0 Å². The quantitative estimate of drug-likeness (QED) is 0.774. The van der Waals surface area contributed by atoms with E-state index in [9.17, 15) is 9.18 Å². The fourth-order valence-electron chi connectivity index (χ4n) is 2.72. The first-order valence-corrected chi connectivity index (χ1v) is 8.54. The molecule has 1 aromatic carbocycles. The molecule has 1 atom stereocenters. The summed E-state index contributed by atoms with van der Waals surface area (Å²) >= 11 is 5.82. The molecular weight excluding hydrogens is 319 g/mol. The SMILES string of the molecule is NCCCCCCC(=O)N1CCOC(c2ccc(F)c(Cl)c2)C1. The predicted molar refractivity (Wildman–Crippen MR) is 88.8 cm³/mol. The Morgan fingerprint density at radius 3 is 2.87 bits per heavy atom. The van der Waals surface area contributed by atoms with E-state index < -0.39 is 5.82 Å². The van der Waals surface area contributed by atoms with Crippen molar-refractivity contribution in [3.8, 4) is 0 Å². The van der Waals surface area contributed by atoms with Crippen LogP contribution in [0.5, 0.6) is 0 Å². The molecule has 0 radical (unpaired) electrons. The number of carbonyl (C=O) groups excluding carboxylic acids is 1. The van der Waals surface area contributed by atoms with Crippen LogP contribution in [0.1, 0.15) is 43.8 Å². The highest BCUT2D eigenvalue weighted by atomic mass is 35.5. The molecule has 0 bridgehead atoms. The average Bonchev–Trinajstić information content (AvgIpc) is 2.57. The smallest absolute Gasteiger partial charge is 0.222 e. The Morgan fingerprint density at radius 2 is 2.13 bits per heavy atom. The highest BCUT2D eigenvalue weighted by molar-refractivity contribution is 6.30. The number of nitrogens with zero attached hydrogens (tertiary/aromatic N) is 1. The monoisotopic (exact) mass is 342 g/mol. The summed E-state index contributed by atoms with van der Waals surface area (Å²) in [6.45, 7) is 2.29. The number of unbranched alkanes of at least 4 members (excludes halogenated alkanes) is 3. The highest BCUT2D eigenvalue weighted by Gasteiger charge is 2.25. The van der Waals surface area contributed by atoms with Crippen molar-refractivity contribution >= 4 is 17.5 Å². The normalized spacial score (nSPS) is 18.2. The maximum Gasteiger partial charge on any atom is 0.222 e. The highest BCUT2D eigenvalue weighted by Crippen LogP contribution is 2.26. The molecule has 1 aliphatic heterocycles. The Balaban J connectivity index is 1.85. The Labute approximate surface area is 141 Å². The van der Waals surface area contributed by atoms with Crippen LogP contribution in [0.2, 0.25) is 5.02 Å². The van der Waals surface area contributed by atoms with Crippen LogP contribution in [0.3, 0.4) is 0 Å². The number of amides is 1. The number of rotatable bonds is 7. The van der Waals surface area contributed by atoms with Gasteiger partial charge in [0.15, 0.2) is 0 Å². The zero-order chi connectivity index (χ0) is 16.7. The maximum absolute atomic E-state index is 13.3. The summed E-state index contributed by atoms with van der Waals surface area (Å²) in [6, 6.07) is 4.56. The minimum absolute atomic E-state index is 0.0782. The van der Waals surface area contributed by atoms with Crippen molar-refractivity contribution in [1.82, 2.24) is 4.90 Å². The van der Waals surface area contributed by atoms with Gasteiger partial charge in [-0.05, 0) is 37.1 Å². The van der Waals surface area contributed by atoms with Gasteiger partial charge in [-0.25, -0.2) is 4.39 Å². The molecule has 1 fully saturated rings. The number of carbonyl (C=O) groups is 1. The Morgan fingerprint density at radius 1 is 1.35 bits per heavy atom. The number of morpholine rings is 1. The van der Waals surface area contributed by atoms with Crippen LogP contribution in [0.4, 0.5) is 4.39 Å². The van der Waals surface area contributed by atoms with E-state index in [2.05, 4.69) is 0 Å². The molecule has 1 unspecified atom stereocenters. The van der Waals surface area contributed by atoms with Gasteiger partial charge in [-0.2, -0.15) is 0 Å². The Kier molecular flexibility index (Phi) is 7.27. The Hall–Kier alpha value is -1.17. The van der Waals surface area contributed by atoms with E-state index in [1.807, 2.05) is 4.90 Å². The lowest BCUT2D eigenvalue weighted by Gasteiger charge is -2.33. The largest absolute Gasteiger partial charge is 0.370 e. The number of hydrogen-bond acceptors (Lipinski definition) is 3. The lowest BCUT2D eigenvalue weighted by molar-refractivity contribution is -0.139. The molecule has 6 heteroatoms. The van der Waals surface area contributed by atoms with Gasteiger partial charge in [0, 0.05) is 13.0 Å². The summed E-state index contributed by atoms with van der Waals surface area (Å²) in [4.78, 5) is 14.1. The summed E-state index contributed by atoms with van der Waals surface area (Å²) in [7, 11) is 0. The lowest BCUT2D eigenvalue weighted by Crippen LogP contribution is -2.42. The van der Waals surface area contributed by atoms with Gasteiger partial charge in [0.05, 0.1) is 18.2 Å². The first-order valence-electron chi connectivity index (χ1n) is 8.16. The lowest BCUT2D eigenvalue weighted by atomic mass is 10.1. The van der Waals surface area contributed by atoms with Crippen LogP contribution in [0, 0.1) is 5.82 Å². The van der Waals surface area contributed by atoms with Gasteiger partial charge in [-0.1, -0.05) is 30.5 Å². The van der Waals surface area contributed by atoms with E-state index in [1.165, 1.54) is 6.07 Å². The van der Waals surface area contributed by atoms with E-state index in [4.69, 9.17) is 22.1 Å². The first-order chi connectivity index (χ1) is 11.1. The van der Waals surface area contributed by atoms with Crippen LogP contribution >= 0.6 is 11.6 Å². The number of nitrogens with two attached hydrogens (primary N) is 1. The van der Waals surface area contributed by atoms with Crippen molar-refractivity contribution in [2.75, 3.05) is 26.2 Å². The first kappa shape index (κ1) is 18.2. The average molecular weight is 343 g/mol. The van der Waals surface area contributed by atoms with Crippen LogP contribution in [0.15, 0.2) is 18.2 Å². The zero-order valence-electron chi connectivity index (χ0n) is 13.3. The van der Waals surface area contributed by atoms with E-state index in [0.717, 1.165) is 31.2 Å². The Bertz CT molecular complexity index is 527. The topological polar surface area (TPSA) is 55.6 Å². The molecule has 1 heterocycles. The van der Waals surface area contributed by atoms with Crippen molar-refractivity contribution in [2.24, 2.45) is 5.73 Å². The standard InChI is InChI=1S/C17H24ClFN2O2/c18-14-11-13(6-7-15(14)19)16-12-21(9-10-23-16)17(22)5-3-1-2-4-8-20/h6-7,11,16H,1-5,8-10,12,20H2. The molecule has 2 rings (SSSR count). The van der Waals surface area contributed by atoms with Crippen LogP contribution < -0.4 is 5.73 Å². The van der Waals surface area contributed by atoms with E-state index in [0.29, 0.717) is 32.7 Å². The fraction of sp³-hybridized carbons (Fsp3) is 0.588. The van der Waals surface area contributed by atoms with Crippen molar-refractivity contribution < 1.29 is 13.9 Å². The van der Waals surface area contributed by atoms with E-state index in [-0.39, 0.29) is 17.0 Å². The van der Waals surface area contributed by atoms with Gasteiger partial charge < -0.3 is 15.4 Å². The fourth-order valence-corrected chi connectivity index (χ4v) is 2.91. The molecule has 1 saturated heterocycles. The number of ether oxygens (including phenoxy) is 1. The number of hydrogen-bond donors (Lipinski definition) is 1. The third-order valence-corrected chi connectivity index (χ3v) is 4.37. The third kappa shape index (κ3) is 5.44. The molecular formula is C17H24ClFN2O2. The molecule has 23 heavy (non-hydrogen) atoms. The molecule has 1 aliphatic rings. The van der Waals surface area contributed by atoms with E-state index >= 15 is 0 Å². The zero-order valence-corrected chi connectivity index (χ0v) is 14.0. The molecule has 128 valence electrons. The van der Waals surface area contributed by atoms with Crippen molar-refractivity contribution in [3.05, 3.63) is 34.6 Å². The minimum Gasteiger partial charge on any atom is -0.370 e. The molecule has 1 amide bonds. The number of benzene rings is 1. The van der Waals surface area contributed by atoms with Gasteiger partial charge in [-0.15, -0.1) is 0 Å². The van der Waals surface area contributed by atoms with Crippen LogP contribution in [0.25, 0.3) is 0 Å². The molecule has 1 aromatic rings. The van der Waals surface area contributed by atoms with Gasteiger partial charge in [0.1, 0.15) is 11.9 Å². The second-order valence-corrected chi connectivity index (χ2v) is 6.23. The van der Waals surface area contributed by atoms with Crippen LogP contribution in [-0.4, -0.2) is 37.0 Å². The molecule has 0 spiro atoms. The van der Waals surface area contributed by atoms with Gasteiger partial charge in [0.25, 0.3) is 0 Å². The second kappa shape index (κ2) is 9.21. The van der Waals surface area contributed by atoms with Crippen molar-refractivity contribution in [1.29, 1.82) is 0 Å².